The van der Waals surface area contributed by atoms with Gasteiger partial charge in [0, 0.05) is 22.4 Å². The van der Waals surface area contributed by atoms with Gasteiger partial charge in [0.2, 0.25) is 11.1 Å². The van der Waals surface area contributed by atoms with E-state index in [0.29, 0.717) is 5.57 Å². The molecule has 18 heteroatoms. The van der Waals surface area contributed by atoms with Gasteiger partial charge in [-0.05, 0) is 33.9 Å². The zero-order chi connectivity index (χ0) is 25.2. The highest BCUT2D eigenvalue weighted by atomic mass is 32.2. The molecular weight excluding hydrogens is 542 g/mol. The standard InChI is InChI=1S/C17H19N7O7S4/c25-11(6-8-2-1-5-32-8)19-12-14(26)24-13(16(27)28)9(7-33-15(12)24)10(3-4-18-35(29,30)31)34-17-20-22-23-21-17/h1-2,5,10,12,15,18H,3-4,6-7H2,(H,19,25)(H,27,28)(H,29,30,31)(H,20,21,22,23)/t10?,12?,15-/m0/s1. The second-order valence-corrected chi connectivity index (χ2v) is 11.9. The number of carboxylic acids is 1. The first-order chi connectivity index (χ1) is 16.6. The van der Waals surface area contributed by atoms with Crippen molar-refractivity contribution < 1.29 is 32.5 Å². The van der Waals surface area contributed by atoms with Crippen LogP contribution in [0.25, 0.3) is 0 Å². The number of thioether (sulfide) groups is 2. The van der Waals surface area contributed by atoms with Gasteiger partial charge in [-0.3, -0.25) is 19.0 Å². The van der Waals surface area contributed by atoms with E-state index in [1.54, 1.807) is 0 Å². The fourth-order valence-corrected chi connectivity index (χ4v) is 7.27. The summed E-state index contributed by atoms with van der Waals surface area (Å²) >= 11 is 3.78. The first kappa shape index (κ1) is 25.6. The Morgan fingerprint density at radius 2 is 2.20 bits per heavy atom. The summed E-state index contributed by atoms with van der Waals surface area (Å²) in [5, 5.41) is 26.8. The number of fused-ring (bicyclic) bond motifs is 1. The molecule has 2 aliphatic heterocycles. The summed E-state index contributed by atoms with van der Waals surface area (Å²) in [6, 6.07) is 2.78. The van der Waals surface area contributed by atoms with Gasteiger partial charge in [0.1, 0.15) is 17.1 Å². The number of nitrogens with zero attached hydrogens (tertiary/aromatic N) is 4. The van der Waals surface area contributed by atoms with E-state index in [2.05, 4.69) is 25.9 Å². The summed E-state index contributed by atoms with van der Waals surface area (Å²) < 4.78 is 33.0. The molecule has 3 atom stereocenters. The number of tetrazole rings is 1. The molecule has 188 valence electrons. The minimum absolute atomic E-state index is 0.0749. The lowest BCUT2D eigenvalue weighted by Gasteiger charge is -2.50. The molecule has 4 rings (SSSR count). The molecule has 0 spiro atoms. The molecule has 4 heterocycles. The van der Waals surface area contributed by atoms with Gasteiger partial charge in [-0.2, -0.15) is 13.1 Å². The van der Waals surface area contributed by atoms with E-state index in [4.69, 9.17) is 4.55 Å². The van der Waals surface area contributed by atoms with E-state index in [1.807, 2.05) is 22.2 Å². The number of amides is 2. The lowest BCUT2D eigenvalue weighted by Crippen LogP contribution is -2.70. The molecule has 2 amide bonds. The highest BCUT2D eigenvalue weighted by molar-refractivity contribution is 8.01. The van der Waals surface area contributed by atoms with Crippen molar-refractivity contribution in [1.82, 2.24) is 35.6 Å². The number of nitrogens with one attached hydrogen (secondary N) is 3. The number of carbonyl (C=O) groups excluding carboxylic acids is 2. The number of carboxylic acid groups (broad SMARTS) is 1. The Morgan fingerprint density at radius 1 is 1.40 bits per heavy atom. The number of aromatic nitrogens is 4. The molecule has 0 bridgehead atoms. The van der Waals surface area contributed by atoms with Crippen molar-refractivity contribution in [3.05, 3.63) is 33.7 Å². The molecule has 1 saturated heterocycles. The molecule has 0 aliphatic carbocycles. The predicted octanol–water partition coefficient (Wildman–Crippen LogP) is -0.514. The first-order valence-electron chi connectivity index (χ1n) is 9.99. The van der Waals surface area contributed by atoms with Gasteiger partial charge in [-0.25, -0.2) is 9.89 Å². The molecule has 2 aromatic heterocycles. The Labute approximate surface area is 211 Å². The van der Waals surface area contributed by atoms with Crippen molar-refractivity contribution in [3.63, 3.8) is 0 Å². The van der Waals surface area contributed by atoms with Crippen LogP contribution in [0.5, 0.6) is 0 Å². The smallest absolute Gasteiger partial charge is 0.352 e. The third-order valence-corrected chi connectivity index (χ3v) is 9.04. The maximum atomic E-state index is 12.9. The summed E-state index contributed by atoms with van der Waals surface area (Å²) in [5.74, 6) is -2.00. The molecule has 14 nitrogen and oxygen atoms in total. The van der Waals surface area contributed by atoms with Crippen molar-refractivity contribution >= 4 is 62.9 Å². The third kappa shape index (κ3) is 6.01. The van der Waals surface area contributed by atoms with E-state index < -0.39 is 38.8 Å². The number of H-pyrrole nitrogens is 1. The maximum Gasteiger partial charge on any atom is 0.352 e. The molecule has 2 unspecified atom stereocenters. The average molecular weight is 562 g/mol. The molecule has 2 aromatic rings. The van der Waals surface area contributed by atoms with Crippen LogP contribution in [-0.2, 0) is 31.1 Å². The van der Waals surface area contributed by atoms with Crippen molar-refractivity contribution in [2.45, 2.75) is 34.7 Å². The Morgan fingerprint density at radius 3 is 2.83 bits per heavy atom. The summed E-state index contributed by atoms with van der Waals surface area (Å²) in [6.07, 6.45) is 0.196. The van der Waals surface area contributed by atoms with Gasteiger partial charge in [0.25, 0.3) is 5.91 Å². The van der Waals surface area contributed by atoms with Crippen LogP contribution in [0.4, 0.5) is 0 Å². The van der Waals surface area contributed by atoms with Gasteiger partial charge >= 0.3 is 16.3 Å². The van der Waals surface area contributed by atoms with Crippen molar-refractivity contribution in [3.8, 4) is 0 Å². The summed E-state index contributed by atoms with van der Waals surface area (Å²) in [4.78, 5) is 39.5. The van der Waals surface area contributed by atoms with Crippen LogP contribution in [0.15, 0.2) is 33.9 Å². The summed E-state index contributed by atoms with van der Waals surface area (Å²) in [6.45, 7) is -0.197. The van der Waals surface area contributed by atoms with Crippen LogP contribution in [0.3, 0.4) is 0 Å². The normalized spacial score (nSPS) is 20.8. The Kier molecular flexibility index (Phi) is 7.77. The fraction of sp³-hybridized carbons (Fsp3) is 0.412. The van der Waals surface area contributed by atoms with E-state index >= 15 is 0 Å². The second kappa shape index (κ2) is 10.6. The fourth-order valence-electron chi connectivity index (χ4n) is 3.64. The van der Waals surface area contributed by atoms with E-state index in [0.717, 1.165) is 21.5 Å². The molecule has 2 aliphatic rings. The first-order valence-corrected chi connectivity index (χ1v) is 14.2. The lowest BCUT2D eigenvalue weighted by atomic mass is 10.00. The van der Waals surface area contributed by atoms with Gasteiger partial charge in [0.05, 0.1) is 6.42 Å². The molecule has 0 saturated carbocycles. The topological polar surface area (TPSA) is 208 Å². The van der Waals surface area contributed by atoms with Gasteiger partial charge in [-0.1, -0.05) is 17.8 Å². The zero-order valence-corrected chi connectivity index (χ0v) is 20.9. The van der Waals surface area contributed by atoms with Crippen LogP contribution in [0.2, 0.25) is 0 Å². The minimum atomic E-state index is -4.45. The molecular formula is C17H19N7O7S4. The molecule has 0 radical (unpaired) electrons. The number of β-lactam (4-membered cyclic amide) rings is 1. The van der Waals surface area contributed by atoms with E-state index in [-0.39, 0.29) is 41.9 Å². The van der Waals surface area contributed by atoms with Crippen LogP contribution in [-0.4, -0.2) is 90.3 Å². The van der Waals surface area contributed by atoms with Crippen LogP contribution >= 0.6 is 34.9 Å². The highest BCUT2D eigenvalue weighted by Crippen LogP contribution is 2.44. The SMILES string of the molecule is O=C(Cc1cccs1)NC1C(=O)N2C(C(=O)O)=C(C(CCNS(=O)(=O)O)Sc3nnn[nH]3)CS[C@@H]12. The van der Waals surface area contributed by atoms with Gasteiger partial charge in [-0.15, -0.1) is 28.2 Å². The van der Waals surface area contributed by atoms with Crippen LogP contribution in [0.1, 0.15) is 11.3 Å². The minimum Gasteiger partial charge on any atom is -0.477 e. The van der Waals surface area contributed by atoms with E-state index in [1.165, 1.54) is 23.1 Å². The molecule has 0 aromatic carbocycles. The zero-order valence-electron chi connectivity index (χ0n) is 17.7. The number of carbonyl (C=O) groups is 3. The number of thiophene rings is 1. The quantitative estimate of drug-likeness (QED) is 0.133. The predicted molar refractivity (Wildman–Crippen MR) is 126 cm³/mol. The molecule has 5 N–H and O–H groups in total. The van der Waals surface area contributed by atoms with Gasteiger partial charge < -0.3 is 10.4 Å². The highest BCUT2D eigenvalue weighted by Gasteiger charge is 2.54. The summed E-state index contributed by atoms with van der Waals surface area (Å²) in [7, 11) is -4.45. The van der Waals surface area contributed by atoms with Crippen molar-refractivity contribution in [2.24, 2.45) is 0 Å². The molecule has 1 fully saturated rings. The third-order valence-electron chi connectivity index (χ3n) is 5.09. The Bertz CT molecular complexity index is 1230. The Balaban J connectivity index is 1.53. The Hall–Kier alpha value is -2.51. The second-order valence-electron chi connectivity index (χ2n) is 7.36. The number of aliphatic carboxylic acids is 1. The summed E-state index contributed by atoms with van der Waals surface area (Å²) in [5.41, 5.74) is 0.147. The maximum absolute atomic E-state index is 12.9. The van der Waals surface area contributed by atoms with Crippen molar-refractivity contribution in [1.29, 1.82) is 0 Å². The largest absolute Gasteiger partial charge is 0.477 e. The monoisotopic (exact) mass is 561 g/mol. The lowest BCUT2D eigenvalue weighted by molar-refractivity contribution is -0.150. The van der Waals surface area contributed by atoms with Crippen LogP contribution < -0.4 is 10.0 Å². The number of aromatic amines is 1. The van der Waals surface area contributed by atoms with Gasteiger partial charge in [0.15, 0.2) is 0 Å². The number of rotatable bonds is 11. The van der Waals surface area contributed by atoms with E-state index in [9.17, 15) is 27.9 Å². The number of hydrogen-bond acceptors (Lipinski definition) is 11. The molecule has 35 heavy (non-hydrogen) atoms. The number of hydrogen-bond donors (Lipinski definition) is 5. The van der Waals surface area contributed by atoms with Crippen LogP contribution in [0, 0.1) is 0 Å². The average Bonchev–Trinajstić information content (AvgIpc) is 3.49. The van der Waals surface area contributed by atoms with Crippen molar-refractivity contribution in [2.75, 3.05) is 12.3 Å².